The zero-order valence-corrected chi connectivity index (χ0v) is 21.5. The molecule has 216 valence electrons. The van der Waals surface area contributed by atoms with Crippen LogP contribution in [-0.4, -0.2) is 44.9 Å². The summed E-state index contributed by atoms with van der Waals surface area (Å²) in [5.74, 6) is -1.79. The van der Waals surface area contributed by atoms with Crippen LogP contribution in [0.2, 0.25) is 0 Å². The summed E-state index contributed by atoms with van der Waals surface area (Å²) < 4.78 is 55.0. The highest BCUT2D eigenvalue weighted by molar-refractivity contribution is 5.93. The summed E-state index contributed by atoms with van der Waals surface area (Å²) in [6.45, 7) is 0.207. The minimum atomic E-state index is -4.91. The zero-order valence-electron chi connectivity index (χ0n) is 21.5. The number of benzene rings is 1. The van der Waals surface area contributed by atoms with E-state index in [2.05, 4.69) is 41.5 Å². The molecule has 4 rings (SSSR count). The summed E-state index contributed by atoms with van der Waals surface area (Å²) in [6, 6.07) is 9.58. The second kappa shape index (κ2) is 13.5. The maximum Gasteiger partial charge on any atom is 0.573 e. The normalized spacial score (nSPS) is 12.9. The summed E-state index contributed by atoms with van der Waals surface area (Å²) in [6.07, 6.45) is 2.22. The summed E-state index contributed by atoms with van der Waals surface area (Å²) in [5, 5.41) is 15.0. The second-order valence-electron chi connectivity index (χ2n) is 8.90. The second-order valence-corrected chi connectivity index (χ2v) is 8.90. The van der Waals surface area contributed by atoms with E-state index in [0.29, 0.717) is 18.8 Å². The Morgan fingerprint density at radius 1 is 1.02 bits per heavy atom. The predicted molar refractivity (Wildman–Crippen MR) is 138 cm³/mol. The summed E-state index contributed by atoms with van der Waals surface area (Å²) in [4.78, 5) is 28.5. The van der Waals surface area contributed by atoms with E-state index < -0.39 is 23.8 Å². The molecular weight excluding hydrogens is 548 g/mol. The Balaban J connectivity index is 1.16. The van der Waals surface area contributed by atoms with Gasteiger partial charge in [-0.05, 0) is 67.3 Å². The van der Waals surface area contributed by atoms with Crippen LogP contribution in [0.1, 0.15) is 29.7 Å². The van der Waals surface area contributed by atoms with Crippen molar-refractivity contribution in [1.29, 1.82) is 0 Å². The number of alkyl halides is 3. The first kappa shape index (κ1) is 29.2. The molecule has 0 unspecified atom stereocenters. The molecule has 0 atom stereocenters. The fraction of sp³-hybridized carbons (Fsp3) is 0.269. The molecule has 0 saturated heterocycles. The maximum atomic E-state index is 14.0. The molecule has 0 radical (unpaired) electrons. The number of hydrogen-bond acceptors (Lipinski definition) is 9. The fourth-order valence-corrected chi connectivity index (χ4v) is 3.76. The van der Waals surface area contributed by atoms with Crippen molar-refractivity contribution in [2.45, 2.75) is 38.6 Å². The van der Waals surface area contributed by atoms with E-state index in [1.807, 2.05) is 0 Å². The van der Waals surface area contributed by atoms with Gasteiger partial charge in [0.25, 0.3) is 5.91 Å². The lowest BCUT2D eigenvalue weighted by Gasteiger charge is -2.14. The number of aromatic nitrogens is 3. The van der Waals surface area contributed by atoms with E-state index in [0.717, 1.165) is 42.3 Å². The van der Waals surface area contributed by atoms with E-state index >= 15 is 0 Å². The molecule has 3 heterocycles. The number of carbonyl (C=O) groups is 2. The minimum Gasteiger partial charge on any atom is -0.406 e. The Hall–Kier alpha value is -4.79. The largest absolute Gasteiger partial charge is 0.573 e. The van der Waals surface area contributed by atoms with Gasteiger partial charge in [0.05, 0.1) is 12.1 Å². The number of halogens is 4. The third-order valence-corrected chi connectivity index (χ3v) is 5.74. The number of nitrogens with one attached hydrogen (secondary N) is 4. The van der Waals surface area contributed by atoms with Gasteiger partial charge >= 0.3 is 6.36 Å². The topological polar surface area (TPSA) is 133 Å². The molecule has 4 N–H and O–H groups in total. The van der Waals surface area contributed by atoms with Crippen molar-refractivity contribution >= 4 is 17.6 Å². The number of anilines is 1. The van der Waals surface area contributed by atoms with Gasteiger partial charge < -0.3 is 15.4 Å². The summed E-state index contributed by atoms with van der Waals surface area (Å²) in [5.41, 5.74) is 7.10. The molecule has 0 aliphatic carbocycles. The van der Waals surface area contributed by atoms with Gasteiger partial charge in [-0.1, -0.05) is 0 Å². The average Bonchev–Trinajstić information content (AvgIpc) is 3.41. The Kier molecular flexibility index (Phi) is 9.63. The molecule has 2 amide bonds. The van der Waals surface area contributed by atoms with Gasteiger partial charge in [-0.2, -0.15) is 5.10 Å². The highest BCUT2D eigenvalue weighted by atomic mass is 19.4. The first-order valence-electron chi connectivity index (χ1n) is 12.5. The number of hydrogen-bond donors (Lipinski definition) is 4. The van der Waals surface area contributed by atoms with Crippen LogP contribution >= 0.6 is 0 Å². The molecule has 1 aliphatic heterocycles. The lowest BCUT2D eigenvalue weighted by atomic mass is 10.2. The molecule has 2 aromatic heterocycles. The smallest absolute Gasteiger partial charge is 0.406 e. The number of rotatable bonds is 12. The lowest BCUT2D eigenvalue weighted by Crippen LogP contribution is -2.39. The van der Waals surface area contributed by atoms with Crippen LogP contribution in [-0.2, 0) is 29.0 Å². The van der Waals surface area contributed by atoms with Crippen LogP contribution in [0.15, 0.2) is 66.8 Å². The molecule has 41 heavy (non-hydrogen) atoms. The Morgan fingerprint density at radius 3 is 2.56 bits per heavy atom. The van der Waals surface area contributed by atoms with Crippen molar-refractivity contribution in [3.8, 4) is 5.75 Å². The number of amides is 2. The van der Waals surface area contributed by atoms with Gasteiger partial charge in [0, 0.05) is 37.2 Å². The number of ether oxygens (including phenoxy) is 1. The molecule has 1 aliphatic rings. The molecule has 0 saturated carbocycles. The average molecular weight is 575 g/mol. The highest BCUT2D eigenvalue weighted by Gasteiger charge is 2.31. The van der Waals surface area contributed by atoms with E-state index in [9.17, 15) is 27.2 Å². The maximum absolute atomic E-state index is 14.0. The van der Waals surface area contributed by atoms with Gasteiger partial charge in [0.2, 0.25) is 5.91 Å². The molecule has 3 aromatic rings. The van der Waals surface area contributed by atoms with Crippen molar-refractivity contribution in [3.63, 3.8) is 0 Å². The van der Waals surface area contributed by atoms with Gasteiger partial charge in [-0.15, -0.1) is 23.8 Å². The van der Waals surface area contributed by atoms with Crippen molar-refractivity contribution in [2.24, 2.45) is 0 Å². The van der Waals surface area contributed by atoms with Crippen LogP contribution in [0.3, 0.4) is 0 Å². The summed E-state index contributed by atoms with van der Waals surface area (Å²) >= 11 is 0. The number of carbonyl (C=O) groups excluding carboxylic acids is 2. The molecule has 1 aromatic carbocycles. The molecule has 0 spiro atoms. The van der Waals surface area contributed by atoms with Gasteiger partial charge in [-0.3, -0.25) is 25.0 Å². The minimum absolute atomic E-state index is 0.153. The standard InChI is InChI=1S/C26H26F4N8O3/c27-21-6-5-20(41-26(28,29)30)14-18(21)15-32-25(40)22-16-38(37-35-22)12-2-1-3-19-4-7-23(36-34-19)33-24(39)13-17-8-10-31-11-9-17/h4-11,14,16,35,37H,1-3,12-13,15H2,(H,32,40)(H,33,36,39). The number of nitrogens with zero attached hydrogens (tertiary/aromatic N) is 4. The summed E-state index contributed by atoms with van der Waals surface area (Å²) in [7, 11) is 0. The quantitative estimate of drug-likeness (QED) is 0.190. The van der Waals surface area contributed by atoms with E-state index in [-0.39, 0.29) is 30.1 Å². The SMILES string of the molecule is O=C(Cc1ccncc1)Nc1ccc(CCCCN2C=C(C(=O)NCc3cc(OC(F)(F)F)ccc3F)NN2)nn1. The van der Waals surface area contributed by atoms with Gasteiger partial charge in [0.15, 0.2) is 5.82 Å². The van der Waals surface area contributed by atoms with Gasteiger partial charge in [0.1, 0.15) is 17.3 Å². The van der Waals surface area contributed by atoms with Gasteiger partial charge in [-0.25, -0.2) is 4.39 Å². The molecule has 11 nitrogen and oxygen atoms in total. The van der Waals surface area contributed by atoms with Crippen LogP contribution in [0.5, 0.6) is 5.75 Å². The first-order chi connectivity index (χ1) is 19.6. The van der Waals surface area contributed by atoms with Crippen LogP contribution < -0.4 is 26.3 Å². The van der Waals surface area contributed by atoms with Crippen LogP contribution in [0.25, 0.3) is 0 Å². The van der Waals surface area contributed by atoms with Crippen LogP contribution in [0.4, 0.5) is 23.4 Å². The highest BCUT2D eigenvalue weighted by Crippen LogP contribution is 2.24. The van der Waals surface area contributed by atoms with Crippen molar-refractivity contribution < 1.29 is 31.9 Å². The zero-order chi connectivity index (χ0) is 29.2. The Labute approximate surface area is 231 Å². The Bertz CT molecular complexity index is 1370. The Morgan fingerprint density at radius 2 is 1.83 bits per heavy atom. The van der Waals surface area contributed by atoms with E-state index in [4.69, 9.17) is 0 Å². The molecule has 15 heteroatoms. The molecule has 0 bridgehead atoms. The van der Waals surface area contributed by atoms with E-state index in [1.165, 1.54) is 6.20 Å². The van der Waals surface area contributed by atoms with Crippen LogP contribution in [0, 0.1) is 5.82 Å². The number of unbranched alkanes of at least 4 members (excludes halogenated alkanes) is 1. The first-order valence-corrected chi connectivity index (χ1v) is 12.5. The monoisotopic (exact) mass is 574 g/mol. The molecule has 0 fully saturated rings. The van der Waals surface area contributed by atoms with Crippen molar-refractivity contribution in [1.82, 2.24) is 36.5 Å². The fourth-order valence-electron chi connectivity index (χ4n) is 3.76. The predicted octanol–water partition coefficient (Wildman–Crippen LogP) is 2.90. The van der Waals surface area contributed by atoms with Crippen molar-refractivity contribution in [2.75, 3.05) is 11.9 Å². The molecular formula is C26H26F4N8O3. The number of hydrazine groups is 2. The number of pyridine rings is 1. The lowest BCUT2D eigenvalue weighted by molar-refractivity contribution is -0.274. The third-order valence-electron chi connectivity index (χ3n) is 5.74. The third kappa shape index (κ3) is 9.42. The van der Waals surface area contributed by atoms with Crippen molar-refractivity contribution in [3.05, 3.63) is 89.4 Å². The van der Waals surface area contributed by atoms with E-state index in [1.54, 1.807) is 41.7 Å². The number of aryl methyl sites for hydroxylation is 1.